The van der Waals surface area contributed by atoms with Gasteiger partial charge in [0, 0.05) is 25.1 Å². The summed E-state index contributed by atoms with van der Waals surface area (Å²) in [7, 11) is 1.48. The van der Waals surface area contributed by atoms with Crippen molar-refractivity contribution in [3.8, 4) is 5.75 Å². The molecule has 0 saturated heterocycles. The van der Waals surface area contributed by atoms with Crippen LogP contribution in [0.25, 0.3) is 16.6 Å². The van der Waals surface area contributed by atoms with Crippen molar-refractivity contribution in [3.63, 3.8) is 0 Å². The van der Waals surface area contributed by atoms with E-state index < -0.39 is 29.5 Å². The average molecular weight is 459 g/mol. The minimum absolute atomic E-state index is 0.0551. The summed E-state index contributed by atoms with van der Waals surface area (Å²) in [6, 6.07) is 5.07. The normalized spacial score (nSPS) is 16.0. The number of carbonyl (C=O) groups is 1. The van der Waals surface area contributed by atoms with Crippen molar-refractivity contribution in [2.75, 3.05) is 19.4 Å². The lowest BCUT2D eigenvalue weighted by molar-refractivity contribution is -0.137. The number of amides is 1. The van der Waals surface area contributed by atoms with E-state index >= 15 is 0 Å². The lowest BCUT2D eigenvalue weighted by Crippen LogP contribution is -2.35. The number of nitrogens with zero attached hydrogens (tertiary/aromatic N) is 4. The maximum absolute atomic E-state index is 14.9. The Hall–Kier alpha value is -3.89. The Kier molecular flexibility index (Phi) is 4.66. The second-order valence-electron chi connectivity index (χ2n) is 7.79. The Morgan fingerprint density at radius 1 is 1.24 bits per heavy atom. The molecular formula is C22H17F4N5O2. The van der Waals surface area contributed by atoms with Crippen molar-refractivity contribution in [3.05, 3.63) is 65.4 Å². The first-order valence-electron chi connectivity index (χ1n) is 9.97. The standard InChI is InChI=1S/C22H17F4N5O2/c1-30(16-4-5-33-19-6-11(22(24,25)26)2-3-12(16)19)21(32)13-7-17-15(8-14(13)23)29-20(27)18-9-28-10-31(17)18/h2-3,6-10,16H,4-5H2,1H3,(H2,27,29)/t16-/m1/s1. The highest BCUT2D eigenvalue weighted by atomic mass is 19.4. The molecule has 0 spiro atoms. The molecule has 11 heteroatoms. The Morgan fingerprint density at radius 2 is 2.03 bits per heavy atom. The van der Waals surface area contributed by atoms with E-state index in [1.165, 1.54) is 36.6 Å². The number of imidazole rings is 1. The van der Waals surface area contributed by atoms with Gasteiger partial charge in [-0.2, -0.15) is 13.2 Å². The predicted octanol–water partition coefficient (Wildman–Crippen LogP) is 4.22. The number of rotatable bonds is 2. The molecule has 3 heterocycles. The molecule has 0 aliphatic carbocycles. The molecule has 33 heavy (non-hydrogen) atoms. The van der Waals surface area contributed by atoms with Crippen molar-refractivity contribution in [1.82, 2.24) is 19.3 Å². The van der Waals surface area contributed by atoms with Gasteiger partial charge in [-0.1, -0.05) is 6.07 Å². The first kappa shape index (κ1) is 21.0. The quantitative estimate of drug-likeness (QED) is 0.454. The lowest BCUT2D eigenvalue weighted by atomic mass is 9.96. The number of nitrogen functional groups attached to an aromatic ring is 1. The van der Waals surface area contributed by atoms with Gasteiger partial charge in [-0.25, -0.2) is 14.4 Å². The Labute approximate surface area is 184 Å². The van der Waals surface area contributed by atoms with E-state index in [1.54, 1.807) is 4.40 Å². The van der Waals surface area contributed by atoms with Crippen molar-refractivity contribution < 1.29 is 27.1 Å². The van der Waals surface area contributed by atoms with Gasteiger partial charge >= 0.3 is 6.18 Å². The van der Waals surface area contributed by atoms with Crippen LogP contribution in [0.1, 0.15) is 33.9 Å². The predicted molar refractivity (Wildman–Crippen MR) is 111 cm³/mol. The number of benzene rings is 2. The van der Waals surface area contributed by atoms with Crippen LogP contribution in [0.3, 0.4) is 0 Å². The SMILES string of the molecule is CN(C(=O)c1cc2c(cc1F)nc(N)c1cncn12)[C@@H]1CCOc2cc(C(F)(F)F)ccc21. The fraction of sp³-hybridized carbons (Fsp3) is 0.227. The van der Waals surface area contributed by atoms with Gasteiger partial charge in [-0.05, 0) is 18.2 Å². The zero-order valence-corrected chi connectivity index (χ0v) is 17.2. The van der Waals surface area contributed by atoms with E-state index in [2.05, 4.69) is 9.97 Å². The topological polar surface area (TPSA) is 85.8 Å². The average Bonchev–Trinajstić information content (AvgIpc) is 3.27. The van der Waals surface area contributed by atoms with Crippen LogP contribution in [0.5, 0.6) is 5.75 Å². The Balaban J connectivity index is 1.54. The van der Waals surface area contributed by atoms with E-state index in [1.807, 2.05) is 0 Å². The van der Waals surface area contributed by atoms with E-state index in [9.17, 15) is 22.4 Å². The molecule has 5 rings (SSSR count). The highest BCUT2D eigenvalue weighted by molar-refractivity contribution is 5.98. The van der Waals surface area contributed by atoms with Gasteiger partial charge in [0.05, 0.1) is 47.3 Å². The Morgan fingerprint density at radius 3 is 2.79 bits per heavy atom. The van der Waals surface area contributed by atoms with Gasteiger partial charge in [0.2, 0.25) is 0 Å². The van der Waals surface area contributed by atoms with Crippen molar-refractivity contribution >= 4 is 28.3 Å². The number of carbonyl (C=O) groups excluding carboxylic acids is 1. The number of hydrogen-bond donors (Lipinski definition) is 1. The fourth-order valence-electron chi connectivity index (χ4n) is 4.14. The molecule has 0 bridgehead atoms. The van der Waals surface area contributed by atoms with Gasteiger partial charge in [-0.3, -0.25) is 9.20 Å². The summed E-state index contributed by atoms with van der Waals surface area (Å²) >= 11 is 0. The number of ether oxygens (including phenoxy) is 1. The highest BCUT2D eigenvalue weighted by Gasteiger charge is 2.35. The zero-order valence-electron chi connectivity index (χ0n) is 17.2. The number of anilines is 1. The molecule has 170 valence electrons. The summed E-state index contributed by atoms with van der Waals surface area (Å²) < 4.78 is 61.2. The molecular weight excluding hydrogens is 442 g/mol. The molecule has 0 saturated carbocycles. The summed E-state index contributed by atoms with van der Waals surface area (Å²) in [6.07, 6.45) is -1.18. The summed E-state index contributed by atoms with van der Waals surface area (Å²) in [6.45, 7) is 0.121. The largest absolute Gasteiger partial charge is 0.493 e. The number of hydrogen-bond acceptors (Lipinski definition) is 5. The number of nitrogens with two attached hydrogens (primary N) is 1. The summed E-state index contributed by atoms with van der Waals surface area (Å²) in [5.74, 6) is -1.19. The maximum atomic E-state index is 14.9. The molecule has 1 atom stereocenters. The number of halogens is 4. The fourth-order valence-corrected chi connectivity index (χ4v) is 4.14. The van der Waals surface area contributed by atoms with Gasteiger partial charge in [0.1, 0.15) is 22.9 Å². The van der Waals surface area contributed by atoms with E-state index in [-0.39, 0.29) is 29.3 Å². The molecule has 4 aromatic rings. The second kappa shape index (κ2) is 7.32. The third kappa shape index (κ3) is 3.40. The highest BCUT2D eigenvalue weighted by Crippen LogP contribution is 2.40. The van der Waals surface area contributed by atoms with Crippen molar-refractivity contribution in [2.24, 2.45) is 0 Å². The number of aromatic nitrogens is 3. The molecule has 1 aliphatic heterocycles. The van der Waals surface area contributed by atoms with Crippen LogP contribution in [0.15, 0.2) is 42.9 Å². The summed E-state index contributed by atoms with van der Waals surface area (Å²) in [5, 5.41) is 0. The van der Waals surface area contributed by atoms with Crippen LogP contribution in [0.4, 0.5) is 23.4 Å². The molecule has 0 radical (unpaired) electrons. The third-order valence-electron chi connectivity index (χ3n) is 5.83. The van der Waals surface area contributed by atoms with Crippen LogP contribution >= 0.6 is 0 Å². The van der Waals surface area contributed by atoms with Gasteiger partial charge in [-0.15, -0.1) is 0 Å². The minimum Gasteiger partial charge on any atom is -0.493 e. The van der Waals surface area contributed by atoms with Crippen LogP contribution < -0.4 is 10.5 Å². The summed E-state index contributed by atoms with van der Waals surface area (Å²) in [5.41, 5.74) is 6.49. The smallest absolute Gasteiger partial charge is 0.416 e. The molecule has 1 aliphatic rings. The molecule has 2 aromatic carbocycles. The van der Waals surface area contributed by atoms with Crippen LogP contribution in [0, 0.1) is 5.82 Å². The van der Waals surface area contributed by atoms with Crippen LogP contribution in [0.2, 0.25) is 0 Å². The minimum atomic E-state index is -4.52. The lowest BCUT2D eigenvalue weighted by Gasteiger charge is -2.33. The molecule has 2 N–H and O–H groups in total. The second-order valence-corrected chi connectivity index (χ2v) is 7.79. The monoisotopic (exact) mass is 459 g/mol. The van der Waals surface area contributed by atoms with Crippen LogP contribution in [-0.4, -0.2) is 38.8 Å². The summed E-state index contributed by atoms with van der Waals surface area (Å²) in [4.78, 5) is 22.8. The van der Waals surface area contributed by atoms with Crippen molar-refractivity contribution in [2.45, 2.75) is 18.6 Å². The first-order valence-corrected chi connectivity index (χ1v) is 9.97. The number of alkyl halides is 3. The first-order chi connectivity index (χ1) is 15.6. The molecule has 7 nitrogen and oxygen atoms in total. The van der Waals surface area contributed by atoms with E-state index in [4.69, 9.17) is 10.5 Å². The van der Waals surface area contributed by atoms with E-state index in [0.717, 1.165) is 18.2 Å². The van der Waals surface area contributed by atoms with Gasteiger partial charge < -0.3 is 15.4 Å². The molecule has 0 unspecified atom stereocenters. The van der Waals surface area contributed by atoms with Gasteiger partial charge in [0.15, 0.2) is 0 Å². The van der Waals surface area contributed by atoms with E-state index in [0.29, 0.717) is 23.0 Å². The zero-order chi connectivity index (χ0) is 23.5. The van der Waals surface area contributed by atoms with Gasteiger partial charge in [0.25, 0.3) is 5.91 Å². The maximum Gasteiger partial charge on any atom is 0.416 e. The molecule has 1 amide bonds. The third-order valence-corrected chi connectivity index (χ3v) is 5.83. The van der Waals surface area contributed by atoms with Crippen molar-refractivity contribution in [1.29, 1.82) is 0 Å². The van der Waals surface area contributed by atoms with Crippen LogP contribution in [-0.2, 0) is 6.18 Å². The number of fused-ring (bicyclic) bond motifs is 4. The Bertz CT molecular complexity index is 1420. The molecule has 2 aromatic heterocycles. The molecule has 0 fully saturated rings.